The molecule has 0 spiro atoms. The van der Waals surface area contributed by atoms with Crippen LogP contribution in [-0.2, 0) is 4.74 Å². The lowest BCUT2D eigenvalue weighted by Crippen LogP contribution is -2.12. The molecule has 7 heteroatoms. The molecule has 3 rings (SSSR count). The monoisotopic (exact) mass is 395 g/mol. The van der Waals surface area contributed by atoms with Gasteiger partial charge in [-0.3, -0.25) is 4.79 Å². The van der Waals surface area contributed by atoms with E-state index in [1.165, 1.54) is 11.9 Å². The zero-order valence-electron chi connectivity index (χ0n) is 15.4. The summed E-state index contributed by atoms with van der Waals surface area (Å²) in [6, 6.07) is 20.4. The second kappa shape index (κ2) is 10.3. The molecule has 0 unspecified atom stereocenters. The van der Waals surface area contributed by atoms with Crippen LogP contribution in [0.4, 0.5) is 11.5 Å². The van der Waals surface area contributed by atoms with E-state index in [2.05, 4.69) is 15.0 Å². The number of amides is 1. The number of pyridine rings is 1. The van der Waals surface area contributed by atoms with Gasteiger partial charge < -0.3 is 19.5 Å². The molecule has 0 aliphatic rings. The summed E-state index contributed by atoms with van der Waals surface area (Å²) in [6.45, 7) is 1.08. The van der Waals surface area contributed by atoms with Gasteiger partial charge in [0.2, 0.25) is 0 Å². The molecule has 0 aliphatic heterocycles. The van der Waals surface area contributed by atoms with E-state index in [4.69, 9.17) is 9.47 Å². The van der Waals surface area contributed by atoms with Crippen LogP contribution in [0.2, 0.25) is 0 Å². The van der Waals surface area contributed by atoms with Crippen LogP contribution in [0.25, 0.3) is 0 Å². The number of hydrogen-bond acceptors (Lipinski definition) is 6. The average molecular weight is 395 g/mol. The van der Waals surface area contributed by atoms with Crippen molar-refractivity contribution in [3.8, 4) is 5.75 Å². The minimum absolute atomic E-state index is 0.204. The fraction of sp³-hybridized carbons (Fsp3) is 0.143. The molecule has 0 radical (unpaired) electrons. The molecule has 3 aromatic rings. The number of carbonyl (C=O) groups is 1. The van der Waals surface area contributed by atoms with Gasteiger partial charge in [-0.05, 0) is 66.5 Å². The lowest BCUT2D eigenvalue weighted by Gasteiger charge is -2.09. The molecule has 0 saturated heterocycles. The van der Waals surface area contributed by atoms with Crippen molar-refractivity contribution in [2.45, 2.75) is 4.90 Å². The van der Waals surface area contributed by atoms with Crippen LogP contribution in [0.15, 0.2) is 77.8 Å². The topological polar surface area (TPSA) is 72.5 Å². The maximum atomic E-state index is 12.4. The minimum Gasteiger partial charge on any atom is -0.491 e. The number of nitrogens with zero attached hydrogens (tertiary/aromatic N) is 1. The Hall–Kier alpha value is -3.03. The Balaban J connectivity index is 1.55. The van der Waals surface area contributed by atoms with Crippen LogP contribution < -0.4 is 14.8 Å². The molecule has 1 amide bonds. The third kappa shape index (κ3) is 6.00. The van der Waals surface area contributed by atoms with Gasteiger partial charge in [0.1, 0.15) is 18.2 Å². The molecule has 28 heavy (non-hydrogen) atoms. The molecule has 6 nitrogen and oxygen atoms in total. The zero-order valence-corrected chi connectivity index (χ0v) is 16.2. The predicted molar refractivity (Wildman–Crippen MR) is 112 cm³/mol. The van der Waals surface area contributed by atoms with Crippen molar-refractivity contribution >= 4 is 29.4 Å². The standard InChI is InChI=1S/C21H21N3O3S/c1-26-13-14-27-18-8-10-19(11-9-18)28-24-17-6-4-5-16(15-17)21(25)23-20-7-2-3-12-22-20/h2-12,15,24H,13-14H2,1H3,(H,22,23,25). The maximum Gasteiger partial charge on any atom is 0.256 e. The Morgan fingerprint density at radius 2 is 1.89 bits per heavy atom. The van der Waals surface area contributed by atoms with Gasteiger partial charge in [0.15, 0.2) is 0 Å². The summed E-state index contributed by atoms with van der Waals surface area (Å²) in [4.78, 5) is 17.5. The molecule has 0 aliphatic carbocycles. The van der Waals surface area contributed by atoms with Gasteiger partial charge in [-0.2, -0.15) is 0 Å². The molecular weight excluding hydrogens is 374 g/mol. The first-order valence-electron chi connectivity index (χ1n) is 8.72. The SMILES string of the molecule is COCCOc1ccc(SNc2cccc(C(=O)Nc3ccccn3)c2)cc1. The highest BCUT2D eigenvalue weighted by atomic mass is 32.2. The molecule has 0 atom stereocenters. The lowest BCUT2D eigenvalue weighted by atomic mass is 10.2. The van der Waals surface area contributed by atoms with Crippen molar-refractivity contribution < 1.29 is 14.3 Å². The molecule has 0 bridgehead atoms. The molecule has 2 aromatic carbocycles. The summed E-state index contributed by atoms with van der Waals surface area (Å²) < 4.78 is 13.8. The highest BCUT2D eigenvalue weighted by Gasteiger charge is 2.07. The summed E-state index contributed by atoms with van der Waals surface area (Å²) in [5.41, 5.74) is 1.39. The van der Waals surface area contributed by atoms with Crippen LogP contribution in [-0.4, -0.2) is 31.2 Å². The lowest BCUT2D eigenvalue weighted by molar-refractivity contribution is 0.102. The molecule has 2 N–H and O–H groups in total. The first-order valence-corrected chi connectivity index (χ1v) is 9.53. The first kappa shape index (κ1) is 19.7. The predicted octanol–water partition coefficient (Wildman–Crippen LogP) is 4.48. The van der Waals surface area contributed by atoms with Gasteiger partial charge in [0.25, 0.3) is 5.91 Å². The van der Waals surface area contributed by atoms with Crippen molar-refractivity contribution in [3.63, 3.8) is 0 Å². The van der Waals surface area contributed by atoms with Gasteiger partial charge in [-0.25, -0.2) is 4.98 Å². The summed E-state index contributed by atoms with van der Waals surface area (Å²) in [5.74, 6) is 1.12. The number of anilines is 2. The maximum absolute atomic E-state index is 12.4. The summed E-state index contributed by atoms with van der Waals surface area (Å²) in [7, 11) is 1.64. The average Bonchev–Trinajstić information content (AvgIpc) is 2.74. The second-order valence-electron chi connectivity index (χ2n) is 5.77. The quantitative estimate of drug-likeness (QED) is 0.411. The van der Waals surface area contributed by atoms with Gasteiger partial charge in [0, 0.05) is 29.5 Å². The van der Waals surface area contributed by atoms with E-state index in [0.29, 0.717) is 24.6 Å². The van der Waals surface area contributed by atoms with E-state index in [-0.39, 0.29) is 5.91 Å². The van der Waals surface area contributed by atoms with Crippen molar-refractivity contribution in [1.29, 1.82) is 0 Å². The molecular formula is C21H21N3O3S. The number of aromatic nitrogens is 1. The van der Waals surface area contributed by atoms with E-state index in [0.717, 1.165) is 16.3 Å². The van der Waals surface area contributed by atoms with E-state index in [9.17, 15) is 4.79 Å². The third-order valence-electron chi connectivity index (χ3n) is 3.70. The number of ether oxygens (including phenoxy) is 2. The smallest absolute Gasteiger partial charge is 0.256 e. The fourth-order valence-corrected chi connectivity index (χ4v) is 2.95. The number of methoxy groups -OCH3 is 1. The summed E-state index contributed by atoms with van der Waals surface area (Å²) >= 11 is 1.46. The molecule has 1 aromatic heterocycles. The Bertz CT molecular complexity index is 889. The normalized spacial score (nSPS) is 10.3. The fourth-order valence-electron chi connectivity index (χ4n) is 2.31. The number of benzene rings is 2. The highest BCUT2D eigenvalue weighted by Crippen LogP contribution is 2.24. The highest BCUT2D eigenvalue weighted by molar-refractivity contribution is 8.00. The van der Waals surface area contributed by atoms with Gasteiger partial charge in [-0.15, -0.1) is 0 Å². The van der Waals surface area contributed by atoms with E-state index in [1.807, 2.05) is 42.5 Å². The van der Waals surface area contributed by atoms with Crippen LogP contribution in [0.5, 0.6) is 5.75 Å². The number of nitrogens with one attached hydrogen (secondary N) is 2. The molecule has 0 saturated carbocycles. The van der Waals surface area contributed by atoms with Crippen molar-refractivity contribution in [3.05, 3.63) is 78.5 Å². The van der Waals surface area contributed by atoms with Crippen molar-refractivity contribution in [2.24, 2.45) is 0 Å². The molecule has 1 heterocycles. The molecule has 0 fully saturated rings. The third-order valence-corrected chi connectivity index (χ3v) is 4.54. The Morgan fingerprint density at radius 1 is 1.04 bits per heavy atom. The summed E-state index contributed by atoms with van der Waals surface area (Å²) in [5, 5.41) is 2.78. The van der Waals surface area contributed by atoms with E-state index in [1.54, 1.807) is 37.6 Å². The zero-order chi connectivity index (χ0) is 19.6. The van der Waals surface area contributed by atoms with Gasteiger partial charge >= 0.3 is 0 Å². The van der Waals surface area contributed by atoms with Crippen LogP contribution >= 0.6 is 11.9 Å². The first-order chi connectivity index (χ1) is 13.7. The number of rotatable bonds is 9. The van der Waals surface area contributed by atoms with Crippen LogP contribution in [0.3, 0.4) is 0 Å². The Labute approximate surface area is 168 Å². The van der Waals surface area contributed by atoms with E-state index >= 15 is 0 Å². The number of carbonyl (C=O) groups excluding carboxylic acids is 1. The number of hydrogen-bond donors (Lipinski definition) is 2. The summed E-state index contributed by atoms with van der Waals surface area (Å²) in [6.07, 6.45) is 1.64. The van der Waals surface area contributed by atoms with Crippen molar-refractivity contribution in [1.82, 2.24) is 4.98 Å². The van der Waals surface area contributed by atoms with E-state index < -0.39 is 0 Å². The Kier molecular flexibility index (Phi) is 7.29. The second-order valence-corrected chi connectivity index (χ2v) is 6.65. The van der Waals surface area contributed by atoms with Gasteiger partial charge in [0.05, 0.1) is 6.61 Å². The van der Waals surface area contributed by atoms with Crippen LogP contribution in [0, 0.1) is 0 Å². The molecule has 144 valence electrons. The van der Waals surface area contributed by atoms with Gasteiger partial charge in [-0.1, -0.05) is 12.1 Å². The minimum atomic E-state index is -0.204. The largest absolute Gasteiger partial charge is 0.491 e. The Morgan fingerprint density at radius 3 is 2.64 bits per heavy atom. The van der Waals surface area contributed by atoms with Crippen molar-refractivity contribution in [2.75, 3.05) is 30.4 Å². The van der Waals surface area contributed by atoms with Crippen LogP contribution in [0.1, 0.15) is 10.4 Å².